The number of hydrogen-bond acceptors (Lipinski definition) is 3. The van der Waals surface area contributed by atoms with Gasteiger partial charge in [-0.3, -0.25) is 9.69 Å². The van der Waals surface area contributed by atoms with Crippen molar-refractivity contribution in [3.05, 3.63) is 29.3 Å². The minimum Gasteiger partial charge on any atom is -0.387 e. The molecule has 1 fully saturated rings. The second-order valence-electron chi connectivity index (χ2n) is 5.59. The Morgan fingerprint density at radius 1 is 1.40 bits per heavy atom. The van der Waals surface area contributed by atoms with E-state index in [0.717, 1.165) is 42.9 Å². The summed E-state index contributed by atoms with van der Waals surface area (Å²) in [5.41, 5.74) is 2.86. The molecule has 1 aliphatic heterocycles. The summed E-state index contributed by atoms with van der Waals surface area (Å²) >= 11 is 0. The molecule has 1 N–H and O–H groups in total. The number of carbonyl (C=O) groups is 1. The lowest BCUT2D eigenvalue weighted by atomic mass is 10.1. The summed E-state index contributed by atoms with van der Waals surface area (Å²) in [5.74, 6) is 0.140. The normalized spacial score (nSPS) is 20.0. The van der Waals surface area contributed by atoms with Gasteiger partial charge in [-0.25, -0.2) is 0 Å². The first-order valence-electron chi connectivity index (χ1n) is 7.34. The zero-order valence-electron chi connectivity index (χ0n) is 12.9. The van der Waals surface area contributed by atoms with E-state index in [1.807, 2.05) is 37.1 Å². The Morgan fingerprint density at radius 2 is 2.15 bits per heavy atom. The number of carbonyl (C=O) groups excluding carboxylic acids is 1. The molecule has 4 nitrogen and oxygen atoms in total. The molecule has 4 heteroatoms. The Kier molecular flexibility index (Phi) is 4.65. The summed E-state index contributed by atoms with van der Waals surface area (Å²) in [4.78, 5) is 17.1. The van der Waals surface area contributed by atoms with Crippen LogP contribution < -0.4 is 5.32 Å². The number of nitrogens with zero attached hydrogens (tertiary/aromatic N) is 2. The molecule has 1 aromatic carbocycles. The third kappa shape index (κ3) is 2.96. The lowest BCUT2D eigenvalue weighted by Crippen LogP contribution is -2.53. The number of piperazine rings is 1. The van der Waals surface area contributed by atoms with Crippen LogP contribution in [0.15, 0.2) is 18.2 Å². The molecule has 0 saturated carbocycles. The first-order chi connectivity index (χ1) is 9.56. The zero-order chi connectivity index (χ0) is 14.7. The monoisotopic (exact) mass is 275 g/mol. The summed E-state index contributed by atoms with van der Waals surface area (Å²) in [6.07, 6.45) is 1.08. The Morgan fingerprint density at radius 3 is 2.80 bits per heavy atom. The van der Waals surface area contributed by atoms with Crippen molar-refractivity contribution in [2.75, 3.05) is 39.0 Å². The lowest BCUT2D eigenvalue weighted by molar-refractivity contribution is 0.0543. The highest BCUT2D eigenvalue weighted by Gasteiger charge is 2.27. The van der Waals surface area contributed by atoms with Gasteiger partial charge >= 0.3 is 0 Å². The van der Waals surface area contributed by atoms with Gasteiger partial charge in [-0.1, -0.05) is 13.0 Å². The van der Waals surface area contributed by atoms with E-state index in [0.29, 0.717) is 6.04 Å². The summed E-state index contributed by atoms with van der Waals surface area (Å²) in [6.45, 7) is 6.80. The number of rotatable bonds is 3. The number of likely N-dealkylation sites (N-methyl/N-ethyl adjacent to an activating group) is 1. The van der Waals surface area contributed by atoms with Crippen molar-refractivity contribution >= 4 is 11.6 Å². The number of anilines is 1. The molecule has 0 aliphatic carbocycles. The summed E-state index contributed by atoms with van der Waals surface area (Å²) in [5, 5.41) is 3.13. The van der Waals surface area contributed by atoms with Gasteiger partial charge in [-0.15, -0.1) is 0 Å². The number of amides is 1. The highest BCUT2D eigenvalue weighted by Crippen LogP contribution is 2.21. The zero-order valence-corrected chi connectivity index (χ0v) is 12.9. The summed E-state index contributed by atoms with van der Waals surface area (Å²) < 4.78 is 0. The molecule has 0 bridgehead atoms. The van der Waals surface area contributed by atoms with Crippen LogP contribution in [0.25, 0.3) is 0 Å². The van der Waals surface area contributed by atoms with E-state index in [-0.39, 0.29) is 5.91 Å². The van der Waals surface area contributed by atoms with Crippen LogP contribution >= 0.6 is 0 Å². The minimum atomic E-state index is 0.140. The van der Waals surface area contributed by atoms with Crippen LogP contribution in [-0.4, -0.2) is 55.5 Å². The molecule has 1 aromatic rings. The first kappa shape index (κ1) is 14.9. The van der Waals surface area contributed by atoms with Crippen molar-refractivity contribution in [2.24, 2.45) is 0 Å². The maximum atomic E-state index is 12.7. The maximum Gasteiger partial charge on any atom is 0.256 e. The predicted molar refractivity (Wildman–Crippen MR) is 83.3 cm³/mol. The average Bonchev–Trinajstić information content (AvgIpc) is 2.46. The fraction of sp³-hybridized carbons (Fsp3) is 0.562. The SMILES string of the molecule is CCC1CN(C(=O)c2ccc(C)cc2NC)CCN1C. The number of benzene rings is 1. The highest BCUT2D eigenvalue weighted by molar-refractivity contribution is 5.99. The second kappa shape index (κ2) is 6.27. The van der Waals surface area contributed by atoms with Gasteiger partial charge in [-0.2, -0.15) is 0 Å². The van der Waals surface area contributed by atoms with Crippen LogP contribution in [-0.2, 0) is 0 Å². The van der Waals surface area contributed by atoms with E-state index in [2.05, 4.69) is 24.2 Å². The summed E-state index contributed by atoms with van der Waals surface area (Å²) in [7, 11) is 4.01. The van der Waals surface area contributed by atoms with Crippen LogP contribution in [0.1, 0.15) is 29.3 Å². The fourth-order valence-electron chi connectivity index (χ4n) is 2.79. The topological polar surface area (TPSA) is 35.6 Å². The Bertz CT molecular complexity index is 487. The van der Waals surface area contributed by atoms with Crippen LogP contribution in [0.3, 0.4) is 0 Å². The van der Waals surface area contributed by atoms with Gasteiger partial charge in [0, 0.05) is 38.4 Å². The van der Waals surface area contributed by atoms with Crippen LogP contribution in [0.4, 0.5) is 5.69 Å². The largest absolute Gasteiger partial charge is 0.387 e. The molecule has 1 atom stereocenters. The Hall–Kier alpha value is -1.55. The standard InChI is InChI=1S/C16H25N3O/c1-5-13-11-19(9-8-18(13)4)16(20)14-7-6-12(2)10-15(14)17-3/h6-7,10,13,17H,5,8-9,11H2,1-4H3. The predicted octanol–water partition coefficient (Wildman–Crippen LogP) is 2.20. The third-order valence-electron chi connectivity index (χ3n) is 4.21. The minimum absolute atomic E-state index is 0.140. The third-order valence-corrected chi connectivity index (χ3v) is 4.21. The van der Waals surface area contributed by atoms with Crippen molar-refractivity contribution in [1.29, 1.82) is 0 Å². The number of nitrogens with one attached hydrogen (secondary N) is 1. The lowest BCUT2D eigenvalue weighted by Gasteiger charge is -2.39. The van der Waals surface area contributed by atoms with E-state index >= 15 is 0 Å². The van der Waals surface area contributed by atoms with Crippen LogP contribution in [0, 0.1) is 6.92 Å². The molecule has 0 radical (unpaired) electrons. The van der Waals surface area contributed by atoms with Crippen molar-refractivity contribution in [3.63, 3.8) is 0 Å². The van der Waals surface area contributed by atoms with Gasteiger partial charge in [-0.05, 0) is 38.1 Å². The fourth-order valence-corrected chi connectivity index (χ4v) is 2.79. The van der Waals surface area contributed by atoms with Gasteiger partial charge in [0.05, 0.1) is 5.56 Å². The molecule has 1 aliphatic rings. The average molecular weight is 275 g/mol. The highest BCUT2D eigenvalue weighted by atomic mass is 16.2. The molecule has 0 aromatic heterocycles. The van der Waals surface area contributed by atoms with Gasteiger partial charge in [0.15, 0.2) is 0 Å². The van der Waals surface area contributed by atoms with E-state index in [4.69, 9.17) is 0 Å². The van der Waals surface area contributed by atoms with Crippen molar-refractivity contribution in [2.45, 2.75) is 26.3 Å². The van der Waals surface area contributed by atoms with Crippen LogP contribution in [0.2, 0.25) is 0 Å². The molecule has 1 heterocycles. The molecule has 110 valence electrons. The van der Waals surface area contributed by atoms with Gasteiger partial charge in [0.2, 0.25) is 0 Å². The maximum absolute atomic E-state index is 12.7. The van der Waals surface area contributed by atoms with E-state index < -0.39 is 0 Å². The molecule has 1 unspecified atom stereocenters. The van der Waals surface area contributed by atoms with Crippen molar-refractivity contribution < 1.29 is 4.79 Å². The smallest absolute Gasteiger partial charge is 0.256 e. The Labute approximate surface area is 121 Å². The second-order valence-corrected chi connectivity index (χ2v) is 5.59. The van der Waals surface area contributed by atoms with Gasteiger partial charge in [0.25, 0.3) is 5.91 Å². The number of aryl methyl sites for hydroxylation is 1. The van der Waals surface area contributed by atoms with E-state index in [9.17, 15) is 4.79 Å². The first-order valence-corrected chi connectivity index (χ1v) is 7.34. The molecular formula is C16H25N3O. The molecule has 20 heavy (non-hydrogen) atoms. The van der Waals surface area contributed by atoms with E-state index in [1.165, 1.54) is 0 Å². The van der Waals surface area contributed by atoms with Gasteiger partial charge < -0.3 is 10.2 Å². The van der Waals surface area contributed by atoms with Gasteiger partial charge in [0.1, 0.15) is 0 Å². The number of hydrogen-bond donors (Lipinski definition) is 1. The van der Waals surface area contributed by atoms with Crippen LogP contribution in [0.5, 0.6) is 0 Å². The van der Waals surface area contributed by atoms with Crippen molar-refractivity contribution in [1.82, 2.24) is 9.80 Å². The molecular weight excluding hydrogens is 250 g/mol. The quantitative estimate of drug-likeness (QED) is 0.918. The molecule has 1 saturated heterocycles. The molecule has 0 spiro atoms. The summed E-state index contributed by atoms with van der Waals surface area (Å²) in [6, 6.07) is 6.43. The van der Waals surface area contributed by atoms with E-state index in [1.54, 1.807) is 0 Å². The molecule has 2 rings (SSSR count). The molecule has 1 amide bonds. The van der Waals surface area contributed by atoms with Crippen molar-refractivity contribution in [3.8, 4) is 0 Å². The Balaban J connectivity index is 2.19.